The molecular weight excluding hydrogens is 456 g/mol. The number of benzene rings is 2. The van der Waals surface area contributed by atoms with Crippen LogP contribution in [0.5, 0.6) is 0 Å². The van der Waals surface area contributed by atoms with Crippen molar-refractivity contribution < 1.29 is 17.9 Å². The first-order valence-electron chi connectivity index (χ1n) is 11.2. The number of carbonyl (C=O) groups is 1. The van der Waals surface area contributed by atoms with Crippen molar-refractivity contribution in [2.24, 2.45) is 0 Å². The van der Waals surface area contributed by atoms with Crippen LogP contribution in [-0.4, -0.2) is 66.8 Å². The van der Waals surface area contributed by atoms with Gasteiger partial charge in [-0.25, -0.2) is 13.4 Å². The summed E-state index contributed by atoms with van der Waals surface area (Å²) in [5.41, 5.74) is 1.21. The number of nitrogens with one attached hydrogen (secondary N) is 1. The van der Waals surface area contributed by atoms with Crippen molar-refractivity contribution in [1.29, 1.82) is 0 Å². The molecule has 4 rings (SSSR count). The Hall–Kier alpha value is -3.08. The molecule has 180 valence electrons. The van der Waals surface area contributed by atoms with Crippen LogP contribution < -0.4 is 5.56 Å². The second kappa shape index (κ2) is 10.0. The lowest BCUT2D eigenvalue weighted by Crippen LogP contribution is -2.35. The number of aryl methyl sites for hydroxylation is 1. The lowest BCUT2D eigenvalue weighted by molar-refractivity contribution is 0.0674. The van der Waals surface area contributed by atoms with Gasteiger partial charge in [0.05, 0.1) is 29.0 Å². The summed E-state index contributed by atoms with van der Waals surface area (Å²) in [6.45, 7) is 3.30. The van der Waals surface area contributed by atoms with Crippen LogP contribution >= 0.6 is 0 Å². The number of methoxy groups -OCH3 is 1. The number of amides is 1. The van der Waals surface area contributed by atoms with E-state index >= 15 is 0 Å². The van der Waals surface area contributed by atoms with Gasteiger partial charge in [-0.05, 0) is 49.6 Å². The molecule has 1 aliphatic rings. The normalized spacial score (nSPS) is 14.5. The molecule has 0 aliphatic carbocycles. The van der Waals surface area contributed by atoms with Crippen LogP contribution in [0.25, 0.3) is 10.9 Å². The molecule has 1 saturated heterocycles. The molecule has 0 saturated carbocycles. The van der Waals surface area contributed by atoms with Crippen molar-refractivity contribution in [3.05, 3.63) is 69.8 Å². The van der Waals surface area contributed by atoms with Crippen LogP contribution in [0, 0.1) is 6.92 Å². The van der Waals surface area contributed by atoms with E-state index in [-0.39, 0.29) is 36.1 Å². The van der Waals surface area contributed by atoms with Gasteiger partial charge in [0.15, 0.2) is 0 Å². The zero-order chi connectivity index (χ0) is 24.3. The molecule has 0 spiro atoms. The van der Waals surface area contributed by atoms with Crippen molar-refractivity contribution in [2.75, 3.05) is 33.4 Å². The lowest BCUT2D eigenvalue weighted by Gasteiger charge is -2.23. The molecule has 9 nitrogen and oxygen atoms in total. The molecule has 2 aromatic carbocycles. The quantitative estimate of drug-likeness (QED) is 0.525. The number of hydrogen-bond acceptors (Lipinski definition) is 6. The summed E-state index contributed by atoms with van der Waals surface area (Å²) in [5, 5.41) is 0.469. The zero-order valence-electron chi connectivity index (χ0n) is 19.3. The van der Waals surface area contributed by atoms with Crippen LogP contribution in [0.4, 0.5) is 0 Å². The molecular formula is C24H28N4O5S. The highest BCUT2D eigenvalue weighted by molar-refractivity contribution is 7.89. The Morgan fingerprint density at radius 3 is 2.65 bits per heavy atom. The number of ether oxygens (including phenoxy) is 1. The van der Waals surface area contributed by atoms with Crippen LogP contribution in [0.15, 0.2) is 52.2 Å². The number of aromatic amines is 1. The number of aromatic nitrogens is 2. The first-order valence-corrected chi connectivity index (χ1v) is 12.6. The summed E-state index contributed by atoms with van der Waals surface area (Å²) in [6, 6.07) is 11.6. The van der Waals surface area contributed by atoms with Gasteiger partial charge in [-0.2, -0.15) is 4.31 Å². The van der Waals surface area contributed by atoms with E-state index < -0.39 is 10.0 Å². The third-order valence-electron chi connectivity index (χ3n) is 6.00. The summed E-state index contributed by atoms with van der Waals surface area (Å²) in [5.74, 6) is -0.0181. The number of fused-ring (bicyclic) bond motifs is 1. The Balaban J connectivity index is 1.67. The van der Waals surface area contributed by atoms with Gasteiger partial charge in [0.2, 0.25) is 10.0 Å². The van der Waals surface area contributed by atoms with Crippen LogP contribution in [0.2, 0.25) is 0 Å². The third-order valence-corrected chi connectivity index (χ3v) is 7.89. The topological polar surface area (TPSA) is 113 Å². The maximum absolute atomic E-state index is 13.6. The summed E-state index contributed by atoms with van der Waals surface area (Å²) in [4.78, 5) is 34.9. The summed E-state index contributed by atoms with van der Waals surface area (Å²) in [6.07, 6.45) is 1.66. The monoisotopic (exact) mass is 484 g/mol. The number of nitrogens with zero attached hydrogens (tertiary/aromatic N) is 3. The number of rotatable bonds is 8. The standard InChI is InChI=1S/C24H28N4O5S/c1-17-9-10-18(34(31,32)28-11-5-6-12-28)15-20(17)24(30)27(13-14-33-2)16-22-25-21-8-4-3-7-19(21)23(29)26-22/h3-4,7-10,15H,5-6,11-14,16H2,1-2H3,(H,25,26,29). The minimum Gasteiger partial charge on any atom is -0.383 e. The number of sulfonamides is 1. The SMILES string of the molecule is COCCN(Cc1nc2ccccc2c(=O)[nH]1)C(=O)c1cc(S(=O)(=O)N2CCCC2)ccc1C. The van der Waals surface area contributed by atoms with Gasteiger partial charge in [-0.1, -0.05) is 18.2 Å². The highest BCUT2D eigenvalue weighted by Crippen LogP contribution is 2.24. The molecule has 1 aliphatic heterocycles. The van der Waals surface area contributed by atoms with E-state index in [1.165, 1.54) is 22.4 Å². The molecule has 34 heavy (non-hydrogen) atoms. The van der Waals surface area contributed by atoms with Crippen molar-refractivity contribution >= 4 is 26.8 Å². The fourth-order valence-corrected chi connectivity index (χ4v) is 5.63. The second-order valence-electron chi connectivity index (χ2n) is 8.34. The van der Waals surface area contributed by atoms with Crippen molar-refractivity contribution in [3.8, 4) is 0 Å². The van der Waals surface area contributed by atoms with Crippen molar-refractivity contribution in [1.82, 2.24) is 19.2 Å². The molecule has 0 bridgehead atoms. The maximum Gasteiger partial charge on any atom is 0.258 e. The number of para-hydroxylation sites is 1. The van der Waals surface area contributed by atoms with E-state index in [1.54, 1.807) is 43.3 Å². The van der Waals surface area contributed by atoms with Gasteiger partial charge in [0.1, 0.15) is 5.82 Å². The first kappa shape index (κ1) is 24.1. The molecule has 2 heterocycles. The van der Waals surface area contributed by atoms with Crippen LogP contribution in [-0.2, 0) is 21.3 Å². The summed E-state index contributed by atoms with van der Waals surface area (Å²) in [7, 11) is -2.13. The molecule has 1 fully saturated rings. The van der Waals surface area contributed by atoms with E-state index in [4.69, 9.17) is 4.74 Å². The van der Waals surface area contributed by atoms with Gasteiger partial charge in [0, 0.05) is 32.3 Å². The number of carbonyl (C=O) groups excluding carboxylic acids is 1. The average molecular weight is 485 g/mol. The highest BCUT2D eigenvalue weighted by Gasteiger charge is 2.29. The smallest absolute Gasteiger partial charge is 0.258 e. The fourth-order valence-electron chi connectivity index (χ4n) is 4.08. The lowest BCUT2D eigenvalue weighted by atomic mass is 10.1. The summed E-state index contributed by atoms with van der Waals surface area (Å²) < 4.78 is 32.7. The Labute approximate surface area is 198 Å². The van der Waals surface area contributed by atoms with Gasteiger partial charge >= 0.3 is 0 Å². The minimum absolute atomic E-state index is 0.0464. The largest absolute Gasteiger partial charge is 0.383 e. The first-order chi connectivity index (χ1) is 16.3. The molecule has 1 amide bonds. The Morgan fingerprint density at radius 1 is 1.18 bits per heavy atom. The third kappa shape index (κ3) is 4.89. The van der Waals surface area contributed by atoms with Crippen molar-refractivity contribution in [3.63, 3.8) is 0 Å². The van der Waals surface area contributed by atoms with E-state index in [0.29, 0.717) is 40.9 Å². The minimum atomic E-state index is -3.66. The Kier molecular flexibility index (Phi) is 7.11. The zero-order valence-corrected chi connectivity index (χ0v) is 20.1. The Bertz CT molecular complexity index is 1360. The van der Waals surface area contributed by atoms with E-state index in [2.05, 4.69) is 9.97 Å². The highest BCUT2D eigenvalue weighted by atomic mass is 32.2. The van der Waals surface area contributed by atoms with Gasteiger partial charge in [-0.3, -0.25) is 9.59 Å². The predicted molar refractivity (Wildman–Crippen MR) is 128 cm³/mol. The summed E-state index contributed by atoms with van der Waals surface area (Å²) >= 11 is 0. The number of hydrogen-bond donors (Lipinski definition) is 1. The molecule has 1 N–H and O–H groups in total. The molecule has 0 unspecified atom stereocenters. The number of H-pyrrole nitrogens is 1. The van der Waals surface area contributed by atoms with Crippen LogP contribution in [0.1, 0.15) is 34.6 Å². The van der Waals surface area contributed by atoms with E-state index in [1.807, 2.05) is 0 Å². The van der Waals surface area contributed by atoms with Crippen molar-refractivity contribution in [2.45, 2.75) is 31.2 Å². The molecule has 1 aromatic heterocycles. The predicted octanol–water partition coefficient (Wildman–Crippen LogP) is 2.30. The van der Waals surface area contributed by atoms with Gasteiger partial charge < -0.3 is 14.6 Å². The van der Waals surface area contributed by atoms with E-state index in [9.17, 15) is 18.0 Å². The Morgan fingerprint density at radius 2 is 1.91 bits per heavy atom. The van der Waals surface area contributed by atoms with Gasteiger partial charge in [0.25, 0.3) is 11.5 Å². The average Bonchev–Trinajstić information content (AvgIpc) is 3.38. The molecule has 0 radical (unpaired) electrons. The maximum atomic E-state index is 13.6. The van der Waals surface area contributed by atoms with Crippen LogP contribution in [0.3, 0.4) is 0 Å². The molecule has 10 heteroatoms. The van der Waals surface area contributed by atoms with E-state index in [0.717, 1.165) is 12.8 Å². The second-order valence-corrected chi connectivity index (χ2v) is 10.3. The fraction of sp³-hybridized carbons (Fsp3) is 0.375. The molecule has 3 aromatic rings. The molecule has 0 atom stereocenters. The van der Waals surface area contributed by atoms with Gasteiger partial charge in [-0.15, -0.1) is 0 Å².